The second-order valence-electron chi connectivity index (χ2n) is 4.14. The third kappa shape index (κ3) is 3.18. The van der Waals surface area contributed by atoms with Crippen LogP contribution in [0.4, 0.5) is 4.39 Å². The summed E-state index contributed by atoms with van der Waals surface area (Å²) in [7, 11) is 0. The molecule has 1 aromatic carbocycles. The van der Waals surface area contributed by atoms with Crippen LogP contribution < -0.4 is 0 Å². The molecule has 84 valence electrons. The van der Waals surface area contributed by atoms with Crippen molar-refractivity contribution in [2.24, 2.45) is 5.92 Å². The van der Waals surface area contributed by atoms with Crippen LogP contribution in [0.25, 0.3) is 0 Å². The average Bonchev–Trinajstić information content (AvgIpc) is 2.15. The molecule has 1 aromatic rings. The average molecular weight is 294 g/mol. The molecule has 0 nitrogen and oxygen atoms in total. The van der Waals surface area contributed by atoms with Gasteiger partial charge in [-0.1, -0.05) is 42.8 Å². The van der Waals surface area contributed by atoms with E-state index in [1.807, 2.05) is 26.8 Å². The van der Waals surface area contributed by atoms with Crippen LogP contribution in [0.5, 0.6) is 0 Å². The fourth-order valence-corrected chi connectivity index (χ4v) is 2.09. The molecule has 0 saturated carbocycles. The molecular formula is C12H15BrClF. The quantitative estimate of drug-likeness (QED) is 0.691. The second kappa shape index (κ2) is 5.31. The molecule has 0 bridgehead atoms. The molecule has 15 heavy (non-hydrogen) atoms. The molecule has 0 aliphatic heterocycles. The Morgan fingerprint density at radius 1 is 1.27 bits per heavy atom. The van der Waals surface area contributed by atoms with Gasteiger partial charge < -0.3 is 0 Å². The molecule has 0 aliphatic carbocycles. The van der Waals surface area contributed by atoms with E-state index in [9.17, 15) is 4.39 Å². The van der Waals surface area contributed by atoms with E-state index in [2.05, 4.69) is 15.9 Å². The summed E-state index contributed by atoms with van der Waals surface area (Å²) < 4.78 is 14.4. The third-order valence-electron chi connectivity index (χ3n) is 2.57. The number of benzene rings is 1. The number of hydrogen-bond acceptors (Lipinski definition) is 0. The van der Waals surface area contributed by atoms with Gasteiger partial charge in [-0.3, -0.25) is 0 Å². The molecule has 2 atom stereocenters. The molecular weight excluding hydrogens is 278 g/mol. The molecule has 0 radical (unpaired) electrons. The van der Waals surface area contributed by atoms with E-state index < -0.39 is 0 Å². The van der Waals surface area contributed by atoms with Gasteiger partial charge in [0.2, 0.25) is 0 Å². The lowest BCUT2D eigenvalue weighted by molar-refractivity contribution is 0.509. The zero-order valence-electron chi connectivity index (χ0n) is 9.10. The van der Waals surface area contributed by atoms with E-state index in [1.54, 1.807) is 6.07 Å². The smallest absolute Gasteiger partial charge is 0.127 e. The van der Waals surface area contributed by atoms with Gasteiger partial charge in [-0.05, 0) is 23.6 Å². The first-order valence-electron chi connectivity index (χ1n) is 5.02. The fraction of sp³-hybridized carbons (Fsp3) is 0.500. The Bertz CT molecular complexity index is 338. The van der Waals surface area contributed by atoms with Gasteiger partial charge in [0.05, 0.1) is 0 Å². The molecule has 0 amide bonds. The highest BCUT2D eigenvalue weighted by Gasteiger charge is 2.22. The van der Waals surface area contributed by atoms with Crippen LogP contribution >= 0.6 is 27.5 Å². The minimum atomic E-state index is -0.192. The van der Waals surface area contributed by atoms with Crippen LogP contribution in [0.1, 0.15) is 32.3 Å². The van der Waals surface area contributed by atoms with E-state index in [0.717, 1.165) is 4.47 Å². The first kappa shape index (κ1) is 13.0. The van der Waals surface area contributed by atoms with Gasteiger partial charge in [-0.2, -0.15) is 0 Å². The minimum absolute atomic E-state index is 0.0276. The number of halogens is 3. The van der Waals surface area contributed by atoms with Crippen LogP contribution in [0.2, 0.25) is 0 Å². The summed E-state index contributed by atoms with van der Waals surface area (Å²) in [5.41, 5.74) is 0.687. The standard InChI is InChI=1S/C12H15BrClF/c1-7(2)12(14)8(3)10-5-4-9(13)6-11(10)15/h4-8,12H,1-3H3. The van der Waals surface area contributed by atoms with Gasteiger partial charge in [0.1, 0.15) is 5.82 Å². The lowest BCUT2D eigenvalue weighted by Crippen LogP contribution is -2.17. The predicted octanol–water partition coefficient (Wildman–Crippen LogP) is 4.96. The van der Waals surface area contributed by atoms with Crippen molar-refractivity contribution in [1.29, 1.82) is 0 Å². The number of hydrogen-bond donors (Lipinski definition) is 0. The van der Waals surface area contributed by atoms with Gasteiger partial charge >= 0.3 is 0 Å². The van der Waals surface area contributed by atoms with Gasteiger partial charge in [0, 0.05) is 15.8 Å². The molecule has 3 heteroatoms. The van der Waals surface area contributed by atoms with Gasteiger partial charge in [-0.25, -0.2) is 4.39 Å². The summed E-state index contributed by atoms with van der Waals surface area (Å²) in [5, 5.41) is -0.0410. The molecule has 1 rings (SSSR count). The Hall–Kier alpha value is -0.0800. The summed E-state index contributed by atoms with van der Waals surface area (Å²) in [6.45, 7) is 6.06. The van der Waals surface area contributed by atoms with Crippen LogP contribution in [-0.2, 0) is 0 Å². The van der Waals surface area contributed by atoms with Crippen LogP contribution in [-0.4, -0.2) is 5.38 Å². The topological polar surface area (TPSA) is 0 Å². The fourth-order valence-electron chi connectivity index (χ4n) is 1.62. The summed E-state index contributed by atoms with van der Waals surface area (Å²) in [6, 6.07) is 5.12. The highest BCUT2D eigenvalue weighted by atomic mass is 79.9. The molecule has 0 N–H and O–H groups in total. The molecule has 0 heterocycles. The molecule has 0 aromatic heterocycles. The summed E-state index contributed by atoms with van der Waals surface area (Å²) in [5.74, 6) is 0.174. The maximum atomic E-state index is 13.6. The van der Waals surface area contributed by atoms with Gasteiger partial charge in [0.25, 0.3) is 0 Å². The molecule has 0 spiro atoms. The lowest BCUT2D eigenvalue weighted by Gasteiger charge is -2.22. The van der Waals surface area contributed by atoms with Crippen molar-refractivity contribution in [3.63, 3.8) is 0 Å². The SMILES string of the molecule is CC(C)C(Cl)C(C)c1ccc(Br)cc1F. The minimum Gasteiger partial charge on any atom is -0.207 e. The highest BCUT2D eigenvalue weighted by molar-refractivity contribution is 9.10. The molecule has 0 saturated heterocycles. The largest absolute Gasteiger partial charge is 0.207 e. The van der Waals surface area contributed by atoms with Crippen molar-refractivity contribution in [2.75, 3.05) is 0 Å². The first-order valence-corrected chi connectivity index (χ1v) is 6.25. The van der Waals surface area contributed by atoms with Crippen molar-refractivity contribution in [3.8, 4) is 0 Å². The van der Waals surface area contributed by atoms with Crippen molar-refractivity contribution in [1.82, 2.24) is 0 Å². The number of rotatable bonds is 3. The van der Waals surface area contributed by atoms with Gasteiger partial charge in [0.15, 0.2) is 0 Å². The lowest BCUT2D eigenvalue weighted by atomic mass is 9.91. The Morgan fingerprint density at radius 3 is 2.33 bits per heavy atom. The summed E-state index contributed by atoms with van der Waals surface area (Å²) in [6.07, 6.45) is 0. The zero-order valence-corrected chi connectivity index (χ0v) is 11.4. The van der Waals surface area contributed by atoms with Crippen LogP contribution in [0.15, 0.2) is 22.7 Å². The maximum Gasteiger partial charge on any atom is 0.127 e. The number of alkyl halides is 1. The van der Waals surface area contributed by atoms with Gasteiger partial charge in [-0.15, -0.1) is 11.6 Å². The Labute approximate surface area is 104 Å². The van der Waals surface area contributed by atoms with E-state index in [0.29, 0.717) is 11.5 Å². The van der Waals surface area contributed by atoms with E-state index in [1.165, 1.54) is 6.07 Å². The molecule has 0 fully saturated rings. The molecule has 0 aliphatic rings. The predicted molar refractivity (Wildman–Crippen MR) is 67.0 cm³/mol. The summed E-state index contributed by atoms with van der Waals surface area (Å²) >= 11 is 9.47. The van der Waals surface area contributed by atoms with Crippen LogP contribution in [0.3, 0.4) is 0 Å². The second-order valence-corrected chi connectivity index (χ2v) is 5.56. The zero-order chi connectivity index (χ0) is 11.6. The van der Waals surface area contributed by atoms with Crippen LogP contribution in [0, 0.1) is 11.7 Å². The third-order valence-corrected chi connectivity index (χ3v) is 3.94. The van der Waals surface area contributed by atoms with E-state index >= 15 is 0 Å². The normalized spacial score (nSPS) is 15.4. The van der Waals surface area contributed by atoms with Crippen molar-refractivity contribution >= 4 is 27.5 Å². The van der Waals surface area contributed by atoms with E-state index in [4.69, 9.17) is 11.6 Å². The van der Waals surface area contributed by atoms with Crippen molar-refractivity contribution in [3.05, 3.63) is 34.1 Å². The van der Waals surface area contributed by atoms with E-state index in [-0.39, 0.29) is 17.1 Å². The van der Waals surface area contributed by atoms with Crippen molar-refractivity contribution < 1.29 is 4.39 Å². The first-order chi connectivity index (χ1) is 6.93. The summed E-state index contributed by atoms with van der Waals surface area (Å²) in [4.78, 5) is 0. The highest BCUT2D eigenvalue weighted by Crippen LogP contribution is 2.31. The monoisotopic (exact) mass is 292 g/mol. The Kier molecular flexibility index (Phi) is 4.60. The van der Waals surface area contributed by atoms with Crippen molar-refractivity contribution in [2.45, 2.75) is 32.1 Å². The Morgan fingerprint density at radius 2 is 1.87 bits per heavy atom. The molecule has 2 unspecified atom stereocenters. The Balaban J connectivity index is 2.96. The maximum absolute atomic E-state index is 13.6.